The molecular weight excluding hydrogens is 370 g/mol. The largest absolute Gasteiger partial charge is 0.465 e. The van der Waals surface area contributed by atoms with E-state index < -0.39 is 6.09 Å². The van der Waals surface area contributed by atoms with Crippen LogP contribution in [0.15, 0.2) is 42.6 Å². The summed E-state index contributed by atoms with van der Waals surface area (Å²) in [6, 6.07) is 12.1. The van der Waals surface area contributed by atoms with Gasteiger partial charge in [0.1, 0.15) is 5.82 Å². The molecule has 1 aromatic carbocycles. The third-order valence-electron chi connectivity index (χ3n) is 5.69. The lowest BCUT2D eigenvalue weighted by Gasteiger charge is -2.41. The molecule has 1 N–H and O–H groups in total. The summed E-state index contributed by atoms with van der Waals surface area (Å²) in [5, 5.41) is 13.9. The lowest BCUT2D eigenvalue weighted by molar-refractivity contribution is 0.0218. The van der Waals surface area contributed by atoms with Crippen molar-refractivity contribution in [1.82, 2.24) is 19.5 Å². The van der Waals surface area contributed by atoms with E-state index in [9.17, 15) is 9.90 Å². The summed E-state index contributed by atoms with van der Waals surface area (Å²) >= 11 is 0. The summed E-state index contributed by atoms with van der Waals surface area (Å²) in [7, 11) is 0. The van der Waals surface area contributed by atoms with Crippen LogP contribution in [0.3, 0.4) is 0 Å². The summed E-state index contributed by atoms with van der Waals surface area (Å²) in [4.78, 5) is 19.9. The number of aromatic nitrogens is 3. The second kappa shape index (κ2) is 7.36. The van der Waals surface area contributed by atoms with Crippen molar-refractivity contribution in [1.29, 1.82) is 0 Å². The van der Waals surface area contributed by atoms with Crippen molar-refractivity contribution in [2.75, 3.05) is 31.1 Å². The number of anilines is 1. The first-order chi connectivity index (χ1) is 14.2. The molecule has 3 aromatic rings. The Morgan fingerprint density at radius 3 is 2.72 bits per heavy atom. The van der Waals surface area contributed by atoms with Crippen LogP contribution >= 0.6 is 0 Å². The molecule has 29 heavy (non-hydrogen) atoms. The molecule has 1 saturated heterocycles. The molecule has 1 fully saturated rings. The van der Waals surface area contributed by atoms with Crippen LogP contribution < -0.4 is 4.90 Å². The predicted molar refractivity (Wildman–Crippen MR) is 107 cm³/mol. The number of carboxylic acid groups (broad SMARTS) is 1. The monoisotopic (exact) mass is 393 g/mol. The fraction of sp³-hybridized carbons (Fsp3) is 0.381. The Bertz CT molecular complexity index is 1030. The highest BCUT2D eigenvalue weighted by atomic mass is 16.5. The van der Waals surface area contributed by atoms with Crippen molar-refractivity contribution in [3.05, 3.63) is 59.4 Å². The van der Waals surface area contributed by atoms with Gasteiger partial charge in [-0.3, -0.25) is 0 Å². The summed E-state index contributed by atoms with van der Waals surface area (Å²) < 4.78 is 7.93. The van der Waals surface area contributed by atoms with Gasteiger partial charge in [-0.15, -0.1) is 0 Å². The number of rotatable bonds is 4. The van der Waals surface area contributed by atoms with Crippen LogP contribution in [-0.4, -0.2) is 63.0 Å². The first kappa shape index (κ1) is 17.9. The minimum absolute atomic E-state index is 0.172. The molecule has 5 rings (SSSR count). The second-order valence-corrected chi connectivity index (χ2v) is 7.56. The van der Waals surface area contributed by atoms with E-state index in [4.69, 9.17) is 9.72 Å². The van der Waals surface area contributed by atoms with Crippen LogP contribution in [0.2, 0.25) is 0 Å². The quantitative estimate of drug-likeness (QED) is 0.732. The summed E-state index contributed by atoms with van der Waals surface area (Å²) in [5.74, 6) is 1.03. The minimum Gasteiger partial charge on any atom is -0.465 e. The van der Waals surface area contributed by atoms with Crippen LogP contribution in [0.5, 0.6) is 0 Å². The number of fused-ring (bicyclic) bond motifs is 2. The Morgan fingerprint density at radius 2 is 1.93 bits per heavy atom. The third-order valence-corrected chi connectivity index (χ3v) is 5.69. The maximum absolute atomic E-state index is 11.4. The van der Waals surface area contributed by atoms with Gasteiger partial charge in [0.2, 0.25) is 0 Å². The van der Waals surface area contributed by atoms with Crippen LogP contribution in [0.1, 0.15) is 16.8 Å². The van der Waals surface area contributed by atoms with Crippen LogP contribution in [-0.2, 0) is 24.2 Å². The summed E-state index contributed by atoms with van der Waals surface area (Å²) in [5.41, 5.74) is 4.06. The van der Waals surface area contributed by atoms with Gasteiger partial charge in [-0.2, -0.15) is 9.61 Å². The summed E-state index contributed by atoms with van der Waals surface area (Å²) in [6.07, 6.45) is 2.33. The molecular formula is C21H23N5O3. The van der Waals surface area contributed by atoms with Crippen molar-refractivity contribution in [3.63, 3.8) is 0 Å². The van der Waals surface area contributed by atoms with Crippen molar-refractivity contribution in [2.45, 2.75) is 25.6 Å². The Labute approximate surface area is 168 Å². The maximum Gasteiger partial charge on any atom is 0.407 e. The van der Waals surface area contributed by atoms with Gasteiger partial charge in [-0.25, -0.2) is 9.78 Å². The smallest absolute Gasteiger partial charge is 0.407 e. The van der Waals surface area contributed by atoms with Crippen molar-refractivity contribution >= 4 is 17.6 Å². The first-order valence-corrected chi connectivity index (χ1v) is 9.93. The number of carbonyl (C=O) groups is 1. The Balaban J connectivity index is 1.35. The molecule has 2 aliphatic heterocycles. The van der Waals surface area contributed by atoms with E-state index in [-0.39, 0.29) is 6.10 Å². The molecule has 8 nitrogen and oxygen atoms in total. The standard InChI is InChI=1S/C21H23N5O3/c27-21(28)24-10-7-17-18(8-11-24)23-19-6-9-22-26(19)20(17)25-12-16(13-25)29-14-15-4-2-1-3-5-15/h1-6,9,16H,7-8,10-14H2,(H,27,28). The number of benzene rings is 1. The topological polar surface area (TPSA) is 83.2 Å². The second-order valence-electron chi connectivity index (χ2n) is 7.56. The van der Waals surface area contributed by atoms with Gasteiger partial charge in [0.05, 0.1) is 24.6 Å². The maximum atomic E-state index is 11.4. The third kappa shape index (κ3) is 3.40. The highest BCUT2D eigenvalue weighted by Crippen LogP contribution is 2.31. The predicted octanol–water partition coefficient (Wildman–Crippen LogP) is 2.21. The lowest BCUT2D eigenvalue weighted by Crippen LogP contribution is -2.53. The fourth-order valence-electron chi connectivity index (χ4n) is 4.09. The number of nitrogens with zero attached hydrogens (tertiary/aromatic N) is 5. The molecule has 8 heteroatoms. The molecule has 0 spiro atoms. The molecule has 0 saturated carbocycles. The van der Waals surface area contributed by atoms with Crippen LogP contribution in [0, 0.1) is 0 Å². The minimum atomic E-state index is -0.873. The van der Waals surface area contributed by atoms with Gasteiger partial charge >= 0.3 is 6.09 Å². The number of hydrogen-bond donors (Lipinski definition) is 1. The van der Waals surface area contributed by atoms with Gasteiger partial charge < -0.3 is 19.6 Å². The number of ether oxygens (including phenoxy) is 1. The van der Waals surface area contributed by atoms with Gasteiger partial charge in [0.15, 0.2) is 5.65 Å². The van der Waals surface area contributed by atoms with Crippen molar-refractivity contribution in [2.24, 2.45) is 0 Å². The molecule has 2 aliphatic rings. The average Bonchev–Trinajstić information content (AvgIpc) is 3.05. The highest BCUT2D eigenvalue weighted by molar-refractivity contribution is 5.66. The normalized spacial score (nSPS) is 17.1. The number of amides is 1. The SMILES string of the molecule is O=C(O)N1CCc2nc3ccnn3c(N3CC(OCc4ccccc4)C3)c2CC1. The zero-order valence-electron chi connectivity index (χ0n) is 16.1. The van der Waals surface area contributed by atoms with Gasteiger partial charge in [0, 0.05) is 44.2 Å². The van der Waals surface area contributed by atoms with Gasteiger partial charge in [0.25, 0.3) is 0 Å². The molecule has 4 heterocycles. The number of hydrogen-bond acceptors (Lipinski definition) is 5. The molecule has 0 radical (unpaired) electrons. The molecule has 0 bridgehead atoms. The van der Waals surface area contributed by atoms with E-state index in [1.54, 1.807) is 6.20 Å². The van der Waals surface area contributed by atoms with Crippen molar-refractivity contribution < 1.29 is 14.6 Å². The van der Waals surface area contributed by atoms with Gasteiger partial charge in [-0.1, -0.05) is 30.3 Å². The highest BCUT2D eigenvalue weighted by Gasteiger charge is 2.33. The molecule has 0 aliphatic carbocycles. The van der Waals surface area contributed by atoms with Gasteiger partial charge in [-0.05, 0) is 12.0 Å². The molecule has 150 valence electrons. The summed E-state index contributed by atoms with van der Waals surface area (Å²) in [6.45, 7) is 3.15. The first-order valence-electron chi connectivity index (χ1n) is 9.93. The van der Waals surface area contributed by atoms with E-state index in [1.165, 1.54) is 10.5 Å². The molecule has 0 atom stereocenters. The fourth-order valence-corrected chi connectivity index (χ4v) is 4.09. The molecule has 2 aromatic heterocycles. The lowest BCUT2D eigenvalue weighted by atomic mass is 10.1. The van der Waals surface area contributed by atoms with E-state index in [2.05, 4.69) is 22.1 Å². The zero-order chi connectivity index (χ0) is 19.8. The molecule has 0 unspecified atom stereocenters. The Kier molecular flexibility index (Phi) is 4.55. The Hall–Kier alpha value is -3.13. The Morgan fingerprint density at radius 1 is 1.14 bits per heavy atom. The average molecular weight is 393 g/mol. The zero-order valence-corrected chi connectivity index (χ0v) is 16.1. The van der Waals surface area contributed by atoms with E-state index in [0.717, 1.165) is 35.8 Å². The van der Waals surface area contributed by atoms with Crippen LogP contribution in [0.4, 0.5) is 10.6 Å². The molecule has 1 amide bonds. The van der Waals surface area contributed by atoms with E-state index >= 15 is 0 Å². The van der Waals surface area contributed by atoms with E-state index in [0.29, 0.717) is 32.5 Å². The van der Waals surface area contributed by atoms with E-state index in [1.807, 2.05) is 28.8 Å². The van der Waals surface area contributed by atoms with Crippen molar-refractivity contribution in [3.8, 4) is 0 Å². The van der Waals surface area contributed by atoms with Crippen LogP contribution in [0.25, 0.3) is 5.65 Å².